The Balaban J connectivity index is 1.98. The molecule has 0 aliphatic rings. The molecule has 144 valence electrons. The molecule has 0 aliphatic heterocycles. The Morgan fingerprint density at radius 1 is 0.964 bits per heavy atom. The second-order valence-electron chi connectivity index (χ2n) is 7.23. The zero-order valence-electron chi connectivity index (χ0n) is 15.8. The number of hydrazine groups is 1. The molecule has 28 heavy (non-hydrogen) atoms. The van der Waals surface area contributed by atoms with Gasteiger partial charge in [-0.3, -0.25) is 20.4 Å². The van der Waals surface area contributed by atoms with Crippen LogP contribution in [0.15, 0.2) is 59.4 Å². The fourth-order valence-electron chi connectivity index (χ4n) is 2.65. The van der Waals surface area contributed by atoms with E-state index < -0.39 is 5.91 Å². The van der Waals surface area contributed by atoms with Crippen LogP contribution in [0.2, 0.25) is 0 Å². The van der Waals surface area contributed by atoms with Crippen LogP contribution < -0.4 is 21.7 Å². The Morgan fingerprint density at radius 2 is 1.57 bits per heavy atom. The Bertz CT molecular complexity index is 1090. The molecule has 3 N–H and O–H groups in total. The standard InChI is InChI=1S/C20H21N5O2S/c1-20(2,3)21-19(28)23-22-17(26)16-14-11-7-8-12-15(14)18(27)25(24-16)13-9-5-4-6-10-13/h4-12H,1-3H3,(H,22,26)(H2,21,23,28). The Labute approximate surface area is 167 Å². The second-order valence-corrected chi connectivity index (χ2v) is 7.64. The maximum Gasteiger partial charge on any atom is 0.290 e. The predicted molar refractivity (Wildman–Crippen MR) is 113 cm³/mol. The molecular weight excluding hydrogens is 374 g/mol. The predicted octanol–water partition coefficient (Wildman–Crippen LogP) is 2.29. The number of aromatic nitrogens is 2. The number of thiocarbonyl (C=S) groups is 1. The van der Waals surface area contributed by atoms with Gasteiger partial charge in [0.2, 0.25) is 0 Å². The number of rotatable bonds is 2. The molecule has 0 bridgehead atoms. The van der Waals surface area contributed by atoms with Crippen molar-refractivity contribution in [1.29, 1.82) is 0 Å². The lowest BCUT2D eigenvalue weighted by atomic mass is 10.1. The lowest BCUT2D eigenvalue weighted by Crippen LogP contribution is -2.52. The lowest BCUT2D eigenvalue weighted by molar-refractivity contribution is 0.0938. The van der Waals surface area contributed by atoms with Crippen LogP contribution in [0.3, 0.4) is 0 Å². The van der Waals surface area contributed by atoms with Crippen molar-refractivity contribution in [2.24, 2.45) is 0 Å². The summed E-state index contributed by atoms with van der Waals surface area (Å²) >= 11 is 5.18. The number of fused-ring (bicyclic) bond motifs is 1. The van der Waals surface area contributed by atoms with E-state index in [9.17, 15) is 9.59 Å². The first-order valence-electron chi connectivity index (χ1n) is 8.72. The summed E-state index contributed by atoms with van der Waals surface area (Å²) in [5.41, 5.74) is 5.36. The van der Waals surface area contributed by atoms with Gasteiger partial charge in [0.05, 0.1) is 11.1 Å². The van der Waals surface area contributed by atoms with Gasteiger partial charge in [-0.05, 0) is 51.2 Å². The Morgan fingerprint density at radius 3 is 2.21 bits per heavy atom. The van der Waals surface area contributed by atoms with E-state index in [1.807, 2.05) is 26.8 Å². The molecule has 3 aromatic rings. The summed E-state index contributed by atoms with van der Waals surface area (Å²) in [4.78, 5) is 25.6. The molecule has 0 unspecified atom stereocenters. The van der Waals surface area contributed by atoms with Gasteiger partial charge >= 0.3 is 0 Å². The molecule has 7 nitrogen and oxygen atoms in total. The van der Waals surface area contributed by atoms with E-state index in [0.29, 0.717) is 16.5 Å². The first-order valence-corrected chi connectivity index (χ1v) is 9.13. The molecular formula is C20H21N5O2S. The third-order valence-corrected chi connectivity index (χ3v) is 4.00. The quantitative estimate of drug-likeness (QED) is 0.456. The summed E-state index contributed by atoms with van der Waals surface area (Å²) in [6, 6.07) is 15.8. The molecule has 2 aromatic carbocycles. The number of benzene rings is 2. The number of carbonyl (C=O) groups is 1. The van der Waals surface area contributed by atoms with Crippen LogP contribution >= 0.6 is 12.2 Å². The van der Waals surface area contributed by atoms with Gasteiger partial charge in [0, 0.05) is 10.9 Å². The lowest BCUT2D eigenvalue weighted by Gasteiger charge is -2.23. The average molecular weight is 395 g/mol. The van der Waals surface area contributed by atoms with E-state index in [1.165, 1.54) is 4.68 Å². The van der Waals surface area contributed by atoms with Crippen LogP contribution in [0.4, 0.5) is 0 Å². The third-order valence-electron chi connectivity index (χ3n) is 3.80. The van der Waals surface area contributed by atoms with Gasteiger partial charge in [-0.2, -0.15) is 9.78 Å². The molecule has 0 fully saturated rings. The molecule has 0 aliphatic carbocycles. The largest absolute Gasteiger partial charge is 0.357 e. The number of para-hydroxylation sites is 1. The number of nitrogens with one attached hydrogen (secondary N) is 3. The maximum atomic E-state index is 12.8. The smallest absolute Gasteiger partial charge is 0.290 e. The number of hydrogen-bond acceptors (Lipinski definition) is 4. The van der Waals surface area contributed by atoms with Gasteiger partial charge in [-0.1, -0.05) is 36.4 Å². The first-order chi connectivity index (χ1) is 13.3. The van der Waals surface area contributed by atoms with Crippen molar-refractivity contribution in [2.75, 3.05) is 0 Å². The highest BCUT2D eigenvalue weighted by Crippen LogP contribution is 2.15. The fraction of sp³-hybridized carbons (Fsp3) is 0.200. The molecule has 3 rings (SSSR count). The van der Waals surface area contributed by atoms with E-state index in [1.54, 1.807) is 48.5 Å². The van der Waals surface area contributed by atoms with Gasteiger partial charge < -0.3 is 5.32 Å². The molecule has 8 heteroatoms. The zero-order valence-corrected chi connectivity index (χ0v) is 16.6. The molecule has 0 saturated heterocycles. The molecule has 0 radical (unpaired) electrons. The van der Waals surface area contributed by atoms with Crippen molar-refractivity contribution in [2.45, 2.75) is 26.3 Å². The molecule has 1 heterocycles. The van der Waals surface area contributed by atoms with Crippen molar-refractivity contribution in [3.63, 3.8) is 0 Å². The number of carbonyl (C=O) groups excluding carboxylic acids is 1. The van der Waals surface area contributed by atoms with Crippen molar-refractivity contribution >= 4 is 34.0 Å². The van der Waals surface area contributed by atoms with Crippen LogP contribution in [0, 0.1) is 0 Å². The van der Waals surface area contributed by atoms with Crippen molar-refractivity contribution in [1.82, 2.24) is 25.9 Å². The summed E-state index contributed by atoms with van der Waals surface area (Å²) in [6.07, 6.45) is 0. The van der Waals surface area contributed by atoms with Gasteiger partial charge in [0.1, 0.15) is 0 Å². The second kappa shape index (κ2) is 7.77. The normalized spacial score (nSPS) is 11.1. The number of amides is 1. The SMILES string of the molecule is CC(C)(C)NC(=S)NNC(=O)c1nn(-c2ccccc2)c(=O)c2ccccc12. The van der Waals surface area contributed by atoms with E-state index in [0.717, 1.165) is 0 Å². The first kappa shape index (κ1) is 19.5. The van der Waals surface area contributed by atoms with Gasteiger partial charge in [-0.25, -0.2) is 0 Å². The number of hydrogen-bond donors (Lipinski definition) is 3. The molecule has 0 spiro atoms. The highest BCUT2D eigenvalue weighted by atomic mass is 32.1. The van der Waals surface area contributed by atoms with Gasteiger partial charge in [-0.15, -0.1) is 0 Å². The average Bonchev–Trinajstić information content (AvgIpc) is 2.66. The minimum absolute atomic E-state index is 0.116. The van der Waals surface area contributed by atoms with Crippen molar-refractivity contribution in [3.8, 4) is 5.69 Å². The van der Waals surface area contributed by atoms with E-state index in [2.05, 4.69) is 21.3 Å². The molecule has 1 amide bonds. The van der Waals surface area contributed by atoms with Crippen LogP contribution in [-0.4, -0.2) is 26.3 Å². The summed E-state index contributed by atoms with van der Waals surface area (Å²) in [5.74, 6) is -0.501. The highest BCUT2D eigenvalue weighted by Gasteiger charge is 2.18. The van der Waals surface area contributed by atoms with Crippen LogP contribution in [0.1, 0.15) is 31.3 Å². The molecule has 0 saturated carbocycles. The van der Waals surface area contributed by atoms with Crippen LogP contribution in [0.5, 0.6) is 0 Å². The van der Waals surface area contributed by atoms with E-state index in [-0.39, 0.29) is 21.9 Å². The summed E-state index contributed by atoms with van der Waals surface area (Å²) < 4.78 is 1.23. The Kier molecular flexibility index (Phi) is 5.41. The number of nitrogens with zero attached hydrogens (tertiary/aromatic N) is 2. The minimum atomic E-state index is -0.501. The van der Waals surface area contributed by atoms with Gasteiger partial charge in [0.15, 0.2) is 10.8 Å². The van der Waals surface area contributed by atoms with Crippen LogP contribution in [0.25, 0.3) is 16.5 Å². The minimum Gasteiger partial charge on any atom is -0.357 e. The Hall–Kier alpha value is -3.26. The van der Waals surface area contributed by atoms with Crippen molar-refractivity contribution in [3.05, 3.63) is 70.6 Å². The fourth-order valence-corrected chi connectivity index (χ4v) is 3.00. The summed E-state index contributed by atoms with van der Waals surface area (Å²) in [6.45, 7) is 5.86. The molecule has 0 atom stereocenters. The highest BCUT2D eigenvalue weighted by molar-refractivity contribution is 7.80. The topological polar surface area (TPSA) is 88.0 Å². The maximum absolute atomic E-state index is 12.8. The monoisotopic (exact) mass is 395 g/mol. The summed E-state index contributed by atoms with van der Waals surface area (Å²) in [5, 5.41) is 8.50. The summed E-state index contributed by atoms with van der Waals surface area (Å²) in [7, 11) is 0. The zero-order chi connectivity index (χ0) is 20.3. The molecule has 1 aromatic heterocycles. The third kappa shape index (κ3) is 4.34. The van der Waals surface area contributed by atoms with Gasteiger partial charge in [0.25, 0.3) is 11.5 Å². The van der Waals surface area contributed by atoms with Crippen LogP contribution in [-0.2, 0) is 0 Å². The van der Waals surface area contributed by atoms with Crippen molar-refractivity contribution < 1.29 is 4.79 Å². The van der Waals surface area contributed by atoms with E-state index >= 15 is 0 Å². The van der Waals surface area contributed by atoms with E-state index in [4.69, 9.17) is 12.2 Å².